The summed E-state index contributed by atoms with van der Waals surface area (Å²) >= 11 is 0. The highest BCUT2D eigenvalue weighted by molar-refractivity contribution is 6.71. The molecule has 0 aromatic heterocycles. The van der Waals surface area contributed by atoms with Crippen LogP contribution >= 0.6 is 0 Å². The molecule has 0 fully saturated rings. The Morgan fingerprint density at radius 2 is 1.39 bits per heavy atom. The molecule has 0 aliphatic heterocycles. The van der Waals surface area contributed by atoms with Crippen LogP contribution in [-0.4, -0.2) is 28.4 Å². The zero-order chi connectivity index (χ0) is 21.1. The first-order chi connectivity index (χ1) is 12.9. The topological polar surface area (TPSA) is 52.6 Å². The van der Waals surface area contributed by atoms with Crippen LogP contribution in [0.3, 0.4) is 0 Å². The number of rotatable bonds is 7. The van der Waals surface area contributed by atoms with Crippen molar-refractivity contribution in [2.45, 2.75) is 52.1 Å². The van der Waals surface area contributed by atoms with E-state index in [1.165, 1.54) is 0 Å². The second kappa shape index (κ2) is 8.45. The Kier molecular flexibility index (Phi) is 6.67. The number of benzene rings is 2. The zero-order valence-electron chi connectivity index (χ0n) is 17.8. The van der Waals surface area contributed by atoms with Gasteiger partial charge in [0.05, 0.1) is 5.92 Å². The maximum Gasteiger partial charge on any atom is 0.299 e. The summed E-state index contributed by atoms with van der Waals surface area (Å²) in [6.45, 7) is 14.1. The van der Waals surface area contributed by atoms with E-state index >= 15 is 0 Å². The lowest BCUT2D eigenvalue weighted by molar-refractivity contribution is -0.136. The lowest BCUT2D eigenvalue weighted by atomic mass is 9.96. The van der Waals surface area contributed by atoms with Crippen LogP contribution < -0.4 is 4.43 Å². The number of hydrogen-bond donors (Lipinski definition) is 0. The van der Waals surface area contributed by atoms with Crippen molar-refractivity contribution in [2.24, 2.45) is 0 Å². The monoisotopic (exact) mass is 414 g/mol. The number of carbonyl (C=O) groups excluding carboxylic acids is 2. The minimum Gasteiger partial charge on any atom is -0.544 e. The van der Waals surface area contributed by atoms with Crippen LogP contribution in [0.25, 0.3) is 0 Å². The summed E-state index contributed by atoms with van der Waals surface area (Å²) in [6, 6.07) is 14.5. The Hall–Kier alpha value is -2.19. The minimum atomic E-state index is -1.96. The molecule has 0 bridgehead atoms. The van der Waals surface area contributed by atoms with E-state index in [1.54, 1.807) is 24.3 Å². The molecule has 150 valence electrons. The van der Waals surface area contributed by atoms with Gasteiger partial charge in [-0.3, -0.25) is 9.59 Å². The van der Waals surface area contributed by atoms with Crippen LogP contribution in [0.5, 0.6) is 5.75 Å². The molecule has 1 unspecified atom stereocenters. The lowest BCUT2D eigenvalue weighted by Gasteiger charge is -2.21. The molecule has 2 aromatic rings. The van der Waals surface area contributed by atoms with E-state index in [0.717, 1.165) is 5.56 Å². The molecule has 2 aromatic carbocycles. The molecule has 4 nitrogen and oxygen atoms in total. The maximum absolute atomic E-state index is 13.0. The Bertz CT molecular complexity index is 863. The van der Waals surface area contributed by atoms with Crippen molar-refractivity contribution in [2.75, 3.05) is 0 Å². The quantitative estimate of drug-likeness (QED) is 0.436. The third-order valence-electron chi connectivity index (χ3n) is 3.93. The van der Waals surface area contributed by atoms with E-state index in [-0.39, 0.29) is 11.8 Å². The molecule has 6 heteroatoms. The minimum absolute atomic E-state index is 0.0892. The Morgan fingerprint density at radius 3 is 1.96 bits per heavy atom. The van der Waals surface area contributed by atoms with Gasteiger partial charge in [-0.2, -0.15) is 0 Å². The fraction of sp³-hybridized carbons (Fsp3) is 0.364. The van der Waals surface area contributed by atoms with Gasteiger partial charge in [0.15, 0.2) is 5.78 Å². The van der Waals surface area contributed by atoms with Crippen LogP contribution in [-0.2, 0) is 9.22 Å². The van der Waals surface area contributed by atoms with Crippen LogP contribution in [0.4, 0.5) is 0 Å². The predicted molar refractivity (Wildman–Crippen MR) is 118 cm³/mol. The van der Waals surface area contributed by atoms with Crippen LogP contribution in [0.15, 0.2) is 48.5 Å². The fourth-order valence-electron chi connectivity index (χ4n) is 2.70. The molecule has 0 radical (unpaired) electrons. The van der Waals surface area contributed by atoms with Crippen molar-refractivity contribution >= 4 is 28.4 Å². The first kappa shape index (κ1) is 22.1. The van der Waals surface area contributed by atoms with Crippen LogP contribution in [0, 0.1) is 0 Å². The van der Waals surface area contributed by atoms with E-state index in [4.69, 9.17) is 8.85 Å². The summed E-state index contributed by atoms with van der Waals surface area (Å²) in [5.74, 6) is -0.0303. The highest BCUT2D eigenvalue weighted by atomic mass is 28.4. The van der Waals surface area contributed by atoms with E-state index < -0.39 is 22.6 Å². The van der Waals surface area contributed by atoms with E-state index in [0.29, 0.717) is 16.9 Å². The number of hydrogen-bond acceptors (Lipinski definition) is 4. The van der Waals surface area contributed by atoms with E-state index in [2.05, 4.69) is 19.6 Å². The third-order valence-corrected chi connectivity index (χ3v) is 5.59. The van der Waals surface area contributed by atoms with Gasteiger partial charge in [0.25, 0.3) is 5.97 Å². The van der Waals surface area contributed by atoms with Gasteiger partial charge < -0.3 is 8.85 Å². The molecule has 0 spiro atoms. The average molecular weight is 415 g/mol. The van der Waals surface area contributed by atoms with Gasteiger partial charge in [0.1, 0.15) is 5.75 Å². The second-order valence-corrected chi connectivity index (χ2v) is 17.8. The molecule has 0 saturated heterocycles. The molecule has 1 atom stereocenters. The van der Waals surface area contributed by atoms with Gasteiger partial charge in [0, 0.05) is 11.1 Å². The van der Waals surface area contributed by atoms with Gasteiger partial charge in [0.2, 0.25) is 16.6 Å². The van der Waals surface area contributed by atoms with Gasteiger partial charge in [-0.15, -0.1) is 0 Å². The molecular formula is C22H30O4Si2. The summed E-state index contributed by atoms with van der Waals surface area (Å²) in [4.78, 5) is 25.4. The molecule has 0 aliphatic rings. The van der Waals surface area contributed by atoms with Gasteiger partial charge in [-0.1, -0.05) is 30.3 Å². The van der Waals surface area contributed by atoms with Gasteiger partial charge in [-0.05, 0) is 70.0 Å². The SMILES string of the molecule is CC(C(=O)O[Si](C)(C)C)c1cccc(C(=O)c2cccc(O[Si](C)(C)C)c2)c1. The molecule has 0 heterocycles. The molecule has 0 aliphatic carbocycles. The summed E-state index contributed by atoms with van der Waals surface area (Å²) < 4.78 is 11.6. The van der Waals surface area contributed by atoms with Crippen molar-refractivity contribution in [3.8, 4) is 5.75 Å². The highest BCUT2D eigenvalue weighted by Gasteiger charge is 2.25. The predicted octanol–water partition coefficient (Wildman–Crippen LogP) is 5.61. The van der Waals surface area contributed by atoms with Crippen molar-refractivity contribution in [3.63, 3.8) is 0 Å². The van der Waals surface area contributed by atoms with Crippen molar-refractivity contribution in [1.82, 2.24) is 0 Å². The molecule has 2 rings (SSSR count). The summed E-state index contributed by atoms with van der Waals surface area (Å²) in [5, 5.41) is 0. The molecule has 0 saturated carbocycles. The second-order valence-electron chi connectivity index (χ2n) is 8.95. The highest BCUT2D eigenvalue weighted by Crippen LogP contribution is 2.23. The molecular weight excluding hydrogens is 384 g/mol. The Morgan fingerprint density at radius 1 is 0.821 bits per heavy atom. The third kappa shape index (κ3) is 6.46. The molecule has 0 N–H and O–H groups in total. The van der Waals surface area contributed by atoms with Gasteiger partial charge in [-0.25, -0.2) is 0 Å². The summed E-state index contributed by atoms with van der Waals surface area (Å²) in [7, 11) is -3.71. The fourth-order valence-corrected chi connectivity index (χ4v) is 4.31. The largest absolute Gasteiger partial charge is 0.544 e. The van der Waals surface area contributed by atoms with Crippen molar-refractivity contribution < 1.29 is 18.4 Å². The van der Waals surface area contributed by atoms with Crippen LogP contribution in [0.2, 0.25) is 39.3 Å². The van der Waals surface area contributed by atoms with E-state index in [9.17, 15) is 9.59 Å². The van der Waals surface area contributed by atoms with Gasteiger partial charge >= 0.3 is 0 Å². The number of ketones is 1. The number of carbonyl (C=O) groups is 2. The van der Waals surface area contributed by atoms with Crippen molar-refractivity contribution in [3.05, 3.63) is 65.2 Å². The smallest absolute Gasteiger partial charge is 0.299 e. The zero-order valence-corrected chi connectivity index (χ0v) is 19.8. The summed E-state index contributed by atoms with van der Waals surface area (Å²) in [5.41, 5.74) is 1.91. The standard InChI is InChI=1S/C22H30O4Si2/c1-16(22(24)26-28(5,6)7)17-10-8-11-18(14-17)21(23)19-12-9-13-20(15-19)25-27(2,3)4/h8-16H,1-7H3. The Labute approximate surface area is 170 Å². The van der Waals surface area contributed by atoms with E-state index in [1.807, 2.05) is 50.8 Å². The Balaban J connectivity index is 2.25. The molecule has 28 heavy (non-hydrogen) atoms. The lowest BCUT2D eigenvalue weighted by Crippen LogP contribution is -2.31. The maximum atomic E-state index is 13.0. The van der Waals surface area contributed by atoms with Crippen molar-refractivity contribution in [1.29, 1.82) is 0 Å². The average Bonchev–Trinajstić information content (AvgIpc) is 2.58. The summed E-state index contributed by atoms with van der Waals surface area (Å²) in [6.07, 6.45) is 0. The first-order valence-corrected chi connectivity index (χ1v) is 16.3. The normalized spacial score (nSPS) is 13.0. The molecule has 0 amide bonds. The first-order valence-electron chi connectivity index (χ1n) is 9.52. The van der Waals surface area contributed by atoms with Crippen LogP contribution in [0.1, 0.15) is 34.3 Å².